The van der Waals surface area contributed by atoms with Gasteiger partial charge in [0.2, 0.25) is 5.91 Å². The maximum absolute atomic E-state index is 13.5. The molecule has 7 nitrogen and oxygen atoms in total. The number of hydrogen-bond donors (Lipinski definition) is 0. The summed E-state index contributed by atoms with van der Waals surface area (Å²) in [5.74, 6) is -2.51. The van der Waals surface area contributed by atoms with Crippen LogP contribution in [-0.2, 0) is 16.6 Å². The molecule has 0 fully saturated rings. The number of rotatable bonds is 3. The molecule has 0 saturated heterocycles. The number of aromatic nitrogens is 1. The van der Waals surface area contributed by atoms with E-state index in [0.29, 0.717) is 5.52 Å². The predicted octanol–water partition coefficient (Wildman–Crippen LogP) is 3.62. The molecule has 0 aliphatic rings. The van der Waals surface area contributed by atoms with Gasteiger partial charge in [0.15, 0.2) is 5.75 Å². The van der Waals surface area contributed by atoms with Crippen molar-refractivity contribution in [2.75, 3.05) is 4.90 Å². The van der Waals surface area contributed by atoms with Crippen molar-refractivity contribution in [2.24, 2.45) is 7.05 Å². The van der Waals surface area contributed by atoms with Crippen LogP contribution in [0, 0.1) is 6.92 Å². The van der Waals surface area contributed by atoms with Gasteiger partial charge in [-0.05, 0) is 31.2 Å². The standard InChI is InChI=1S/C22H19ClN2O5/c1-12-8-10-15(11-9-12)25(13(2)26)22(29)19-20(30-14(3)27)18-16(23)6-5-7-17(18)24(4)21(19)28/h5-11H,1-4H3. The summed E-state index contributed by atoms with van der Waals surface area (Å²) in [5, 5.41) is 0.422. The summed E-state index contributed by atoms with van der Waals surface area (Å²) in [7, 11) is 1.47. The third-order valence-electron chi connectivity index (χ3n) is 4.60. The summed E-state index contributed by atoms with van der Waals surface area (Å²) in [5.41, 5.74) is 0.426. The lowest BCUT2D eigenvalue weighted by Gasteiger charge is -2.22. The zero-order valence-electron chi connectivity index (χ0n) is 16.9. The van der Waals surface area contributed by atoms with Gasteiger partial charge in [-0.15, -0.1) is 0 Å². The van der Waals surface area contributed by atoms with E-state index in [4.69, 9.17) is 16.3 Å². The monoisotopic (exact) mass is 426 g/mol. The normalized spacial score (nSPS) is 10.7. The molecule has 3 rings (SSSR count). The molecule has 0 N–H and O–H groups in total. The molecule has 0 bridgehead atoms. The molecular formula is C22H19ClN2O5. The molecule has 154 valence electrons. The molecule has 2 aromatic carbocycles. The van der Waals surface area contributed by atoms with Crippen molar-refractivity contribution < 1.29 is 19.1 Å². The van der Waals surface area contributed by atoms with Crippen LogP contribution in [0.3, 0.4) is 0 Å². The maximum Gasteiger partial charge on any atom is 0.308 e. The van der Waals surface area contributed by atoms with Gasteiger partial charge >= 0.3 is 5.97 Å². The lowest BCUT2D eigenvalue weighted by atomic mass is 10.1. The minimum absolute atomic E-state index is 0.193. The highest BCUT2D eigenvalue weighted by atomic mass is 35.5. The van der Waals surface area contributed by atoms with E-state index in [1.54, 1.807) is 42.5 Å². The highest BCUT2D eigenvalue weighted by Gasteiger charge is 2.31. The number of benzene rings is 2. The van der Waals surface area contributed by atoms with Gasteiger partial charge in [-0.1, -0.05) is 35.4 Å². The number of imide groups is 1. The number of hydrogen-bond acceptors (Lipinski definition) is 5. The van der Waals surface area contributed by atoms with Crippen LogP contribution < -0.4 is 15.2 Å². The molecule has 0 spiro atoms. The fraction of sp³-hybridized carbons (Fsp3) is 0.182. The van der Waals surface area contributed by atoms with E-state index in [2.05, 4.69) is 0 Å². The number of aryl methyl sites for hydroxylation is 2. The minimum atomic E-state index is -0.912. The van der Waals surface area contributed by atoms with E-state index in [9.17, 15) is 19.2 Å². The highest BCUT2D eigenvalue weighted by Crippen LogP contribution is 2.34. The SMILES string of the molecule is CC(=O)Oc1c(C(=O)N(C(C)=O)c2ccc(C)cc2)c(=O)n(C)c2cccc(Cl)c12. The van der Waals surface area contributed by atoms with E-state index in [0.717, 1.165) is 17.4 Å². The second-order valence-electron chi connectivity index (χ2n) is 6.79. The molecule has 0 unspecified atom stereocenters. The summed E-state index contributed by atoms with van der Waals surface area (Å²) < 4.78 is 6.52. The molecule has 3 aromatic rings. The summed E-state index contributed by atoms with van der Waals surface area (Å²) in [6, 6.07) is 11.5. The van der Waals surface area contributed by atoms with E-state index in [-0.39, 0.29) is 21.8 Å². The van der Waals surface area contributed by atoms with Crippen LogP contribution >= 0.6 is 11.6 Å². The van der Waals surface area contributed by atoms with Crippen molar-refractivity contribution in [2.45, 2.75) is 20.8 Å². The molecule has 8 heteroatoms. The van der Waals surface area contributed by atoms with Crippen LogP contribution in [-0.4, -0.2) is 22.4 Å². The van der Waals surface area contributed by atoms with Gasteiger partial charge in [0.05, 0.1) is 21.6 Å². The molecule has 0 saturated carbocycles. The number of carbonyl (C=O) groups is 3. The summed E-state index contributed by atoms with van der Waals surface area (Å²) in [6.07, 6.45) is 0. The molecule has 0 aliphatic carbocycles. The highest BCUT2D eigenvalue weighted by molar-refractivity contribution is 6.36. The Morgan fingerprint density at radius 1 is 1.03 bits per heavy atom. The summed E-state index contributed by atoms with van der Waals surface area (Å²) in [6.45, 7) is 4.22. The van der Waals surface area contributed by atoms with E-state index < -0.39 is 28.9 Å². The number of esters is 1. The Bertz CT molecular complexity index is 1250. The van der Waals surface area contributed by atoms with Crippen LogP contribution in [0.15, 0.2) is 47.3 Å². The fourth-order valence-corrected chi connectivity index (χ4v) is 3.45. The number of anilines is 1. The Kier molecular flexibility index (Phi) is 5.75. The largest absolute Gasteiger partial charge is 0.425 e. The number of pyridine rings is 1. The molecule has 0 atom stereocenters. The Balaban J connectivity index is 2.36. The van der Waals surface area contributed by atoms with Crippen molar-refractivity contribution in [1.82, 2.24) is 4.57 Å². The smallest absolute Gasteiger partial charge is 0.308 e. The predicted molar refractivity (Wildman–Crippen MR) is 114 cm³/mol. The maximum atomic E-state index is 13.5. The first-order valence-electron chi connectivity index (χ1n) is 9.04. The zero-order chi connectivity index (χ0) is 22.2. The lowest BCUT2D eigenvalue weighted by Crippen LogP contribution is -2.40. The van der Waals surface area contributed by atoms with E-state index in [1.165, 1.54) is 18.5 Å². The molecule has 1 heterocycles. The number of fused-ring (bicyclic) bond motifs is 1. The van der Waals surface area contributed by atoms with Crippen molar-refractivity contribution in [3.63, 3.8) is 0 Å². The Morgan fingerprint density at radius 3 is 2.23 bits per heavy atom. The van der Waals surface area contributed by atoms with E-state index in [1.807, 2.05) is 6.92 Å². The van der Waals surface area contributed by atoms with Crippen LogP contribution in [0.5, 0.6) is 5.75 Å². The van der Waals surface area contributed by atoms with Crippen LogP contribution in [0.4, 0.5) is 5.69 Å². The zero-order valence-corrected chi connectivity index (χ0v) is 17.6. The first-order chi connectivity index (χ1) is 14.1. The number of halogens is 1. The Morgan fingerprint density at radius 2 is 1.67 bits per heavy atom. The third kappa shape index (κ3) is 3.71. The summed E-state index contributed by atoms with van der Waals surface area (Å²) in [4.78, 5) is 51.6. The van der Waals surface area contributed by atoms with Crippen molar-refractivity contribution in [1.29, 1.82) is 0 Å². The molecule has 1 aromatic heterocycles. The fourth-order valence-electron chi connectivity index (χ4n) is 3.20. The van der Waals surface area contributed by atoms with Crippen LogP contribution in [0.25, 0.3) is 10.9 Å². The topological polar surface area (TPSA) is 85.7 Å². The van der Waals surface area contributed by atoms with Crippen LogP contribution in [0.1, 0.15) is 29.8 Å². The van der Waals surface area contributed by atoms with Crippen molar-refractivity contribution in [3.05, 3.63) is 69.0 Å². The number of carbonyl (C=O) groups excluding carboxylic acids is 3. The average Bonchev–Trinajstić information content (AvgIpc) is 2.67. The van der Waals surface area contributed by atoms with Crippen LogP contribution in [0.2, 0.25) is 5.02 Å². The van der Waals surface area contributed by atoms with E-state index >= 15 is 0 Å². The van der Waals surface area contributed by atoms with Gasteiger partial charge < -0.3 is 9.30 Å². The van der Waals surface area contributed by atoms with Gasteiger partial charge in [-0.2, -0.15) is 0 Å². The number of ether oxygens (including phenoxy) is 1. The number of amides is 2. The molecule has 30 heavy (non-hydrogen) atoms. The summed E-state index contributed by atoms with van der Waals surface area (Å²) >= 11 is 6.32. The lowest BCUT2D eigenvalue weighted by molar-refractivity contribution is -0.131. The number of nitrogens with zero attached hydrogens (tertiary/aromatic N) is 2. The third-order valence-corrected chi connectivity index (χ3v) is 4.91. The molecule has 2 amide bonds. The molecule has 0 radical (unpaired) electrons. The average molecular weight is 427 g/mol. The molecular weight excluding hydrogens is 408 g/mol. The molecule has 0 aliphatic heterocycles. The second-order valence-corrected chi connectivity index (χ2v) is 7.20. The van der Waals surface area contributed by atoms with Gasteiger partial charge in [0, 0.05) is 20.9 Å². The first-order valence-corrected chi connectivity index (χ1v) is 9.42. The van der Waals surface area contributed by atoms with Crippen molar-refractivity contribution in [3.8, 4) is 5.75 Å². The van der Waals surface area contributed by atoms with Gasteiger partial charge in [0.25, 0.3) is 11.5 Å². The van der Waals surface area contributed by atoms with Crippen molar-refractivity contribution >= 4 is 46.0 Å². The Hall–Kier alpha value is -3.45. The van der Waals surface area contributed by atoms with Gasteiger partial charge in [0.1, 0.15) is 5.56 Å². The minimum Gasteiger partial charge on any atom is -0.425 e. The van der Waals surface area contributed by atoms with Gasteiger partial charge in [-0.3, -0.25) is 19.2 Å². The Labute approximate surface area is 177 Å². The second kappa shape index (κ2) is 8.12. The first kappa shape index (κ1) is 21.3. The quantitative estimate of drug-likeness (QED) is 0.597. The van der Waals surface area contributed by atoms with Gasteiger partial charge in [-0.25, -0.2) is 4.90 Å².